The van der Waals surface area contributed by atoms with Gasteiger partial charge in [-0.2, -0.15) is 0 Å². The molecule has 3 heteroatoms. The van der Waals surface area contributed by atoms with Crippen LogP contribution in [0.25, 0.3) is 0 Å². The van der Waals surface area contributed by atoms with Crippen LogP contribution >= 0.6 is 0 Å². The molecule has 2 aromatic carbocycles. The van der Waals surface area contributed by atoms with E-state index in [4.69, 9.17) is 4.43 Å². The summed E-state index contributed by atoms with van der Waals surface area (Å²) in [6.07, 6.45) is 0. The molecule has 0 bridgehead atoms. The van der Waals surface area contributed by atoms with Gasteiger partial charge in [-0.25, -0.2) is 0 Å². The highest BCUT2D eigenvalue weighted by Gasteiger charge is 2.47. The molecule has 0 saturated carbocycles. The first kappa shape index (κ1) is 18.6. The molecule has 0 saturated heterocycles. The van der Waals surface area contributed by atoms with Crippen LogP contribution in [0.15, 0.2) is 85.2 Å². The van der Waals surface area contributed by atoms with Crippen molar-refractivity contribution < 1.29 is 4.43 Å². The number of benzene rings is 2. The van der Waals surface area contributed by atoms with Crippen LogP contribution in [0.3, 0.4) is 0 Å². The zero-order chi connectivity index (χ0) is 17.8. The van der Waals surface area contributed by atoms with Crippen molar-refractivity contribution in [3.05, 3.63) is 85.2 Å². The van der Waals surface area contributed by atoms with Gasteiger partial charge in [0.05, 0.1) is 0 Å². The Labute approximate surface area is 148 Å². The lowest BCUT2D eigenvalue weighted by molar-refractivity contribution is 0.186. The zero-order valence-electron chi connectivity index (χ0n) is 15.3. The molecular weight excluding hydrogens is 324 g/mol. The van der Waals surface area contributed by atoms with Crippen molar-refractivity contribution in [2.75, 3.05) is 0 Å². The number of hydrogen-bond donors (Lipinski definition) is 0. The average Bonchev–Trinajstić information content (AvgIpc) is 2.61. The maximum atomic E-state index is 7.01. The molecule has 0 aromatic heterocycles. The second kappa shape index (κ2) is 7.05. The van der Waals surface area contributed by atoms with E-state index in [1.165, 1.54) is 10.4 Å². The van der Waals surface area contributed by atoms with E-state index >= 15 is 0 Å². The molecule has 0 aliphatic rings. The molecule has 2 rings (SSSR count). The molecular formula is C21H28OSi2. The Morgan fingerprint density at radius 2 is 1.21 bits per heavy atom. The minimum Gasteiger partial charge on any atom is -0.402 e. The van der Waals surface area contributed by atoms with Crippen LogP contribution in [-0.2, 0) is 4.43 Å². The van der Waals surface area contributed by atoms with Crippen LogP contribution < -0.4 is 10.4 Å². The minimum absolute atomic E-state index is 0.249. The van der Waals surface area contributed by atoms with Gasteiger partial charge in [-0.1, -0.05) is 85.2 Å². The van der Waals surface area contributed by atoms with Crippen molar-refractivity contribution in [3.63, 3.8) is 0 Å². The molecule has 0 radical (unpaired) electrons. The molecule has 0 aliphatic carbocycles. The third-order valence-corrected chi connectivity index (χ3v) is 13.4. The quantitative estimate of drug-likeness (QED) is 0.677. The molecule has 0 N–H and O–H groups in total. The topological polar surface area (TPSA) is 9.23 Å². The summed E-state index contributed by atoms with van der Waals surface area (Å²) in [7, 11) is -4.30. The molecule has 0 unspecified atom stereocenters. The Kier molecular flexibility index (Phi) is 5.48. The van der Waals surface area contributed by atoms with Gasteiger partial charge in [-0.05, 0) is 24.2 Å². The van der Waals surface area contributed by atoms with Crippen LogP contribution in [0.4, 0.5) is 0 Å². The van der Waals surface area contributed by atoms with E-state index in [1.54, 1.807) is 0 Å². The largest absolute Gasteiger partial charge is 0.402 e. The van der Waals surface area contributed by atoms with Crippen LogP contribution in [0, 0.1) is 0 Å². The lowest BCUT2D eigenvalue weighted by atomic mass is 10.4. The zero-order valence-corrected chi connectivity index (χ0v) is 17.3. The predicted molar refractivity (Wildman–Crippen MR) is 111 cm³/mol. The van der Waals surface area contributed by atoms with E-state index in [2.05, 4.69) is 100 Å². The number of hydrogen-bond acceptors (Lipinski definition) is 1. The second-order valence-electron chi connectivity index (χ2n) is 7.21. The van der Waals surface area contributed by atoms with Gasteiger partial charge in [0.25, 0.3) is 8.32 Å². The summed E-state index contributed by atoms with van der Waals surface area (Å²) in [4.78, 5) is 0. The highest BCUT2D eigenvalue weighted by atomic mass is 28.4. The fourth-order valence-electron chi connectivity index (χ4n) is 2.71. The van der Waals surface area contributed by atoms with E-state index < -0.39 is 16.4 Å². The van der Waals surface area contributed by atoms with Crippen molar-refractivity contribution in [2.24, 2.45) is 0 Å². The SMILES string of the molecule is C=C[Si](OC(C)(C)[Si](C)(C)C=C)(c1ccccc1)c1ccccc1. The fourth-order valence-corrected chi connectivity index (χ4v) is 8.04. The van der Waals surface area contributed by atoms with Gasteiger partial charge < -0.3 is 4.43 Å². The standard InChI is InChI=1S/C21H28OSi2/c1-7-23(5,6)21(3,4)22-24(8-2,19-15-11-9-12-16-19)20-17-13-10-14-18-20/h7-18H,1-2H2,3-6H3. The van der Waals surface area contributed by atoms with Gasteiger partial charge in [0.1, 0.15) is 8.07 Å². The van der Waals surface area contributed by atoms with Crippen LogP contribution in [0.2, 0.25) is 13.1 Å². The monoisotopic (exact) mass is 352 g/mol. The summed E-state index contributed by atoms with van der Waals surface area (Å²) in [5.41, 5.74) is 4.18. The Hall–Kier alpha value is -1.69. The summed E-state index contributed by atoms with van der Waals surface area (Å²) in [6, 6.07) is 21.1. The Morgan fingerprint density at radius 1 is 0.792 bits per heavy atom. The molecule has 126 valence electrons. The lowest BCUT2D eigenvalue weighted by Crippen LogP contribution is -2.67. The average molecular weight is 353 g/mol. The first-order valence-corrected chi connectivity index (χ1v) is 13.4. The van der Waals surface area contributed by atoms with Gasteiger partial charge >= 0.3 is 0 Å². The van der Waals surface area contributed by atoms with Crippen molar-refractivity contribution in [3.8, 4) is 0 Å². The molecule has 1 nitrogen and oxygen atoms in total. The Morgan fingerprint density at radius 3 is 1.54 bits per heavy atom. The smallest absolute Gasteiger partial charge is 0.280 e. The molecule has 0 atom stereocenters. The van der Waals surface area contributed by atoms with Crippen molar-refractivity contribution in [1.29, 1.82) is 0 Å². The highest BCUT2D eigenvalue weighted by molar-refractivity contribution is 7.02. The van der Waals surface area contributed by atoms with Crippen molar-refractivity contribution in [1.82, 2.24) is 0 Å². The van der Waals surface area contributed by atoms with E-state index in [0.29, 0.717) is 0 Å². The molecule has 0 spiro atoms. The summed E-state index contributed by atoms with van der Waals surface area (Å²) in [6.45, 7) is 17.3. The highest BCUT2D eigenvalue weighted by Crippen LogP contribution is 2.29. The van der Waals surface area contributed by atoms with Crippen molar-refractivity contribution in [2.45, 2.75) is 32.2 Å². The minimum atomic E-state index is -2.53. The fraction of sp³-hybridized carbons (Fsp3) is 0.238. The van der Waals surface area contributed by atoms with Gasteiger partial charge in [0.15, 0.2) is 0 Å². The van der Waals surface area contributed by atoms with Crippen LogP contribution in [0.5, 0.6) is 0 Å². The Balaban J connectivity index is 2.64. The van der Waals surface area contributed by atoms with E-state index in [-0.39, 0.29) is 5.22 Å². The van der Waals surface area contributed by atoms with Crippen LogP contribution in [-0.4, -0.2) is 21.6 Å². The van der Waals surface area contributed by atoms with Crippen molar-refractivity contribution >= 4 is 26.8 Å². The molecule has 0 heterocycles. The van der Waals surface area contributed by atoms with Gasteiger partial charge in [0, 0.05) is 5.22 Å². The molecule has 0 fully saturated rings. The molecule has 0 amide bonds. The Bertz CT molecular complexity index is 651. The summed E-state index contributed by atoms with van der Waals surface area (Å²) >= 11 is 0. The molecule has 2 aromatic rings. The maximum absolute atomic E-state index is 7.01. The molecule has 0 aliphatic heterocycles. The predicted octanol–water partition coefficient (Wildman–Crippen LogP) is 4.24. The van der Waals surface area contributed by atoms with E-state index in [1.807, 2.05) is 12.1 Å². The normalized spacial score (nSPS) is 12.7. The maximum Gasteiger partial charge on any atom is 0.280 e. The van der Waals surface area contributed by atoms with Gasteiger partial charge in [0.2, 0.25) is 0 Å². The molecule has 24 heavy (non-hydrogen) atoms. The van der Waals surface area contributed by atoms with Gasteiger partial charge in [-0.15, -0.1) is 13.2 Å². The van der Waals surface area contributed by atoms with E-state index in [0.717, 1.165) is 0 Å². The summed E-state index contributed by atoms with van der Waals surface area (Å²) in [5.74, 6) is 0. The van der Waals surface area contributed by atoms with Gasteiger partial charge in [-0.3, -0.25) is 0 Å². The second-order valence-corrected chi connectivity index (χ2v) is 15.5. The van der Waals surface area contributed by atoms with E-state index in [9.17, 15) is 0 Å². The summed E-state index contributed by atoms with van der Waals surface area (Å²) < 4.78 is 7.01. The summed E-state index contributed by atoms with van der Waals surface area (Å²) in [5, 5.41) is 2.21. The first-order chi connectivity index (χ1) is 11.3. The lowest BCUT2D eigenvalue weighted by Gasteiger charge is -2.45. The number of rotatable bonds is 7. The first-order valence-electron chi connectivity index (χ1n) is 8.37. The van der Waals surface area contributed by atoms with Crippen LogP contribution in [0.1, 0.15) is 13.8 Å². The third kappa shape index (κ3) is 3.38. The third-order valence-electron chi connectivity index (χ3n) is 5.17.